The summed E-state index contributed by atoms with van der Waals surface area (Å²) in [5, 5.41) is 9.26. The molecule has 0 spiro atoms. The average molecular weight is 280 g/mol. The van der Waals surface area contributed by atoms with Crippen LogP contribution in [0, 0.1) is 0 Å². The number of nitrogens with zero attached hydrogens (tertiary/aromatic N) is 1. The van der Waals surface area contributed by atoms with Crippen molar-refractivity contribution >= 4 is 17.0 Å². The Morgan fingerprint density at radius 2 is 1.76 bits per heavy atom. The number of carbonyl (C=O) groups is 1. The molecule has 106 valence electrons. The number of carboxylic acid groups (broad SMARTS) is 1. The zero-order valence-electron chi connectivity index (χ0n) is 11.9. The fraction of sp³-hybridized carbons (Fsp3) is 0.176. The van der Waals surface area contributed by atoms with E-state index in [1.54, 1.807) is 13.8 Å². The number of H-pyrrole nitrogens is 1. The van der Waals surface area contributed by atoms with Gasteiger partial charge in [0.1, 0.15) is 5.82 Å². The first-order valence-electron chi connectivity index (χ1n) is 6.77. The molecule has 4 nitrogen and oxygen atoms in total. The van der Waals surface area contributed by atoms with Crippen molar-refractivity contribution in [2.75, 3.05) is 0 Å². The van der Waals surface area contributed by atoms with Gasteiger partial charge in [-0.05, 0) is 31.5 Å². The van der Waals surface area contributed by atoms with Gasteiger partial charge in [0.2, 0.25) is 0 Å². The van der Waals surface area contributed by atoms with Crippen molar-refractivity contribution in [2.24, 2.45) is 0 Å². The van der Waals surface area contributed by atoms with E-state index < -0.39 is 11.4 Å². The lowest BCUT2D eigenvalue weighted by Gasteiger charge is -2.19. The molecule has 0 bridgehead atoms. The number of imidazole rings is 1. The number of hydrogen-bond acceptors (Lipinski definition) is 2. The van der Waals surface area contributed by atoms with Crippen LogP contribution in [-0.2, 0) is 10.2 Å². The summed E-state index contributed by atoms with van der Waals surface area (Å²) in [7, 11) is 0. The van der Waals surface area contributed by atoms with Gasteiger partial charge in [-0.1, -0.05) is 36.4 Å². The normalized spacial score (nSPS) is 11.7. The van der Waals surface area contributed by atoms with Crippen molar-refractivity contribution in [3.8, 4) is 11.4 Å². The maximum Gasteiger partial charge on any atom is 0.313 e. The molecule has 1 aromatic heterocycles. The van der Waals surface area contributed by atoms with Gasteiger partial charge in [-0.15, -0.1) is 0 Å². The number of rotatable bonds is 3. The van der Waals surface area contributed by atoms with E-state index in [1.165, 1.54) is 0 Å². The van der Waals surface area contributed by atoms with Crippen LogP contribution in [0.15, 0.2) is 48.5 Å². The van der Waals surface area contributed by atoms with Gasteiger partial charge in [-0.3, -0.25) is 4.79 Å². The maximum atomic E-state index is 11.3. The molecule has 0 aliphatic rings. The lowest BCUT2D eigenvalue weighted by atomic mass is 9.84. The number of nitrogens with one attached hydrogen (secondary N) is 1. The number of carboxylic acids is 1. The first kappa shape index (κ1) is 13.4. The molecule has 3 aromatic rings. The predicted molar refractivity (Wildman–Crippen MR) is 82.2 cm³/mol. The van der Waals surface area contributed by atoms with Gasteiger partial charge in [0, 0.05) is 5.56 Å². The Morgan fingerprint density at radius 3 is 2.38 bits per heavy atom. The van der Waals surface area contributed by atoms with Crippen molar-refractivity contribution in [3.05, 3.63) is 54.1 Å². The van der Waals surface area contributed by atoms with Gasteiger partial charge in [0.05, 0.1) is 16.4 Å². The van der Waals surface area contributed by atoms with Crippen LogP contribution in [-0.4, -0.2) is 21.0 Å². The highest BCUT2D eigenvalue weighted by Crippen LogP contribution is 2.26. The number of aliphatic carboxylic acids is 1. The van der Waals surface area contributed by atoms with Gasteiger partial charge in [0.25, 0.3) is 0 Å². The molecule has 0 saturated heterocycles. The summed E-state index contributed by atoms with van der Waals surface area (Å²) in [5.41, 5.74) is 2.72. The van der Waals surface area contributed by atoms with Crippen LogP contribution in [0.5, 0.6) is 0 Å². The molecule has 0 aliphatic heterocycles. The average Bonchev–Trinajstić information content (AvgIpc) is 2.91. The topological polar surface area (TPSA) is 66.0 Å². The Kier molecular flexibility index (Phi) is 3.01. The number of fused-ring (bicyclic) bond motifs is 1. The third-order valence-corrected chi connectivity index (χ3v) is 3.80. The third kappa shape index (κ3) is 2.29. The van der Waals surface area contributed by atoms with Crippen molar-refractivity contribution in [1.82, 2.24) is 9.97 Å². The first-order valence-corrected chi connectivity index (χ1v) is 6.77. The molecular formula is C17H16N2O2. The van der Waals surface area contributed by atoms with Crippen molar-refractivity contribution in [3.63, 3.8) is 0 Å². The van der Waals surface area contributed by atoms with E-state index in [4.69, 9.17) is 0 Å². The molecule has 3 rings (SSSR count). The molecule has 0 atom stereocenters. The molecule has 0 unspecified atom stereocenters. The summed E-state index contributed by atoms with van der Waals surface area (Å²) >= 11 is 0. The van der Waals surface area contributed by atoms with Gasteiger partial charge in [-0.25, -0.2) is 4.98 Å². The number of hydrogen-bond donors (Lipinski definition) is 2. The van der Waals surface area contributed by atoms with Gasteiger partial charge < -0.3 is 10.1 Å². The maximum absolute atomic E-state index is 11.3. The zero-order valence-corrected chi connectivity index (χ0v) is 11.9. The SMILES string of the molecule is CC(C)(C(=O)O)c1ccc(-c2nc3ccccc3[nH]2)cc1. The molecule has 0 aliphatic carbocycles. The fourth-order valence-electron chi connectivity index (χ4n) is 2.26. The molecule has 0 fully saturated rings. The fourth-order valence-corrected chi connectivity index (χ4v) is 2.26. The van der Waals surface area contributed by atoms with Crippen LogP contribution in [0.3, 0.4) is 0 Å². The van der Waals surface area contributed by atoms with Crippen LogP contribution in [0.4, 0.5) is 0 Å². The largest absolute Gasteiger partial charge is 0.481 e. The zero-order chi connectivity index (χ0) is 15.0. The molecule has 1 heterocycles. The highest BCUT2D eigenvalue weighted by atomic mass is 16.4. The third-order valence-electron chi connectivity index (χ3n) is 3.80. The van der Waals surface area contributed by atoms with Crippen LogP contribution < -0.4 is 0 Å². The summed E-state index contributed by atoms with van der Waals surface area (Å²) < 4.78 is 0. The molecule has 21 heavy (non-hydrogen) atoms. The van der Waals surface area contributed by atoms with E-state index in [0.29, 0.717) is 0 Å². The number of aromatic amines is 1. The standard InChI is InChI=1S/C17H16N2O2/c1-17(2,16(20)21)12-9-7-11(8-10-12)15-18-13-5-3-4-6-14(13)19-15/h3-10H,1-2H3,(H,18,19)(H,20,21). The lowest BCUT2D eigenvalue weighted by molar-refractivity contribution is -0.142. The summed E-state index contributed by atoms with van der Waals surface area (Å²) in [5.74, 6) is -0.0464. The molecule has 0 radical (unpaired) electrons. The summed E-state index contributed by atoms with van der Waals surface area (Å²) in [6, 6.07) is 15.3. The quantitative estimate of drug-likeness (QED) is 0.770. The minimum Gasteiger partial charge on any atom is -0.481 e. The Morgan fingerprint density at radius 1 is 1.10 bits per heavy atom. The molecule has 0 saturated carbocycles. The molecule has 4 heteroatoms. The summed E-state index contributed by atoms with van der Waals surface area (Å²) in [4.78, 5) is 19.1. The van der Waals surface area contributed by atoms with Gasteiger partial charge in [0.15, 0.2) is 0 Å². The Labute approximate surface area is 122 Å². The van der Waals surface area contributed by atoms with Crippen LogP contribution >= 0.6 is 0 Å². The van der Waals surface area contributed by atoms with Gasteiger partial charge >= 0.3 is 5.97 Å². The summed E-state index contributed by atoms with van der Waals surface area (Å²) in [6.45, 7) is 3.40. The van der Waals surface area contributed by atoms with E-state index in [9.17, 15) is 9.90 Å². The van der Waals surface area contributed by atoms with E-state index in [-0.39, 0.29) is 0 Å². The number of aromatic nitrogens is 2. The molecule has 2 N–H and O–H groups in total. The minimum atomic E-state index is -0.896. The van der Waals surface area contributed by atoms with Gasteiger partial charge in [-0.2, -0.15) is 0 Å². The molecule has 0 amide bonds. The van der Waals surface area contributed by atoms with E-state index in [2.05, 4.69) is 9.97 Å². The van der Waals surface area contributed by atoms with Crippen LogP contribution in [0.2, 0.25) is 0 Å². The van der Waals surface area contributed by atoms with Crippen LogP contribution in [0.25, 0.3) is 22.4 Å². The Hall–Kier alpha value is -2.62. The highest BCUT2D eigenvalue weighted by Gasteiger charge is 2.29. The molecule has 2 aromatic carbocycles. The number of para-hydroxylation sites is 2. The second-order valence-electron chi connectivity index (χ2n) is 5.61. The van der Waals surface area contributed by atoms with Crippen molar-refractivity contribution < 1.29 is 9.90 Å². The van der Waals surface area contributed by atoms with E-state index in [0.717, 1.165) is 28.0 Å². The predicted octanol–water partition coefficient (Wildman–Crippen LogP) is 3.59. The van der Waals surface area contributed by atoms with E-state index >= 15 is 0 Å². The molecular weight excluding hydrogens is 264 g/mol. The second-order valence-corrected chi connectivity index (χ2v) is 5.61. The Bertz CT molecular complexity index is 768. The van der Waals surface area contributed by atoms with E-state index in [1.807, 2.05) is 48.5 Å². The number of benzene rings is 2. The van der Waals surface area contributed by atoms with Crippen LogP contribution in [0.1, 0.15) is 19.4 Å². The first-order chi connectivity index (χ1) is 9.98. The minimum absolute atomic E-state index is 0.773. The Balaban J connectivity index is 1.99. The smallest absolute Gasteiger partial charge is 0.313 e. The monoisotopic (exact) mass is 280 g/mol. The van der Waals surface area contributed by atoms with Crippen molar-refractivity contribution in [2.45, 2.75) is 19.3 Å². The highest BCUT2D eigenvalue weighted by molar-refractivity contribution is 5.81. The van der Waals surface area contributed by atoms with Crippen molar-refractivity contribution in [1.29, 1.82) is 0 Å². The second kappa shape index (κ2) is 4.74. The summed E-state index contributed by atoms with van der Waals surface area (Å²) in [6.07, 6.45) is 0. The lowest BCUT2D eigenvalue weighted by Crippen LogP contribution is -2.28.